The number of rotatable bonds is 2. The second kappa shape index (κ2) is 6.84. The topological polar surface area (TPSA) is 85.9 Å². The average molecular weight is 340 g/mol. The van der Waals surface area contributed by atoms with Crippen molar-refractivity contribution in [1.29, 1.82) is 0 Å². The summed E-state index contributed by atoms with van der Waals surface area (Å²) < 4.78 is 0. The second-order valence-electron chi connectivity index (χ2n) is 6.81. The van der Waals surface area contributed by atoms with E-state index in [0.29, 0.717) is 6.54 Å². The van der Waals surface area contributed by atoms with E-state index < -0.39 is 0 Å². The number of urea groups is 1. The number of nitrogens with one attached hydrogen (secondary N) is 3. The lowest BCUT2D eigenvalue weighted by Crippen LogP contribution is -2.52. The smallest absolute Gasteiger partial charge is 0.318 e. The van der Waals surface area contributed by atoms with E-state index in [9.17, 15) is 4.79 Å². The van der Waals surface area contributed by atoms with Crippen LogP contribution in [0, 0.1) is 0 Å². The zero-order valence-corrected chi connectivity index (χ0v) is 14.5. The van der Waals surface area contributed by atoms with Gasteiger partial charge in [0, 0.05) is 54.8 Å². The average Bonchev–Trinajstić information content (AvgIpc) is 3.08. The Bertz CT molecular complexity index is 737. The van der Waals surface area contributed by atoms with Crippen LogP contribution in [0.5, 0.6) is 0 Å². The van der Waals surface area contributed by atoms with Crippen LogP contribution in [0.25, 0.3) is 11.3 Å². The number of aromatic amines is 1. The van der Waals surface area contributed by atoms with Gasteiger partial charge in [-0.05, 0) is 38.4 Å². The normalized spacial score (nSPS) is 23.2. The first kappa shape index (κ1) is 16.1. The van der Waals surface area contributed by atoms with Gasteiger partial charge >= 0.3 is 6.03 Å². The highest BCUT2D eigenvalue weighted by Crippen LogP contribution is 2.35. The minimum absolute atomic E-state index is 0.0118. The number of nitrogens with zero attached hydrogens (tertiary/aromatic N) is 3. The van der Waals surface area contributed by atoms with Gasteiger partial charge in [0.2, 0.25) is 0 Å². The molecule has 4 heterocycles. The Labute approximate surface area is 147 Å². The molecule has 2 aliphatic heterocycles. The van der Waals surface area contributed by atoms with Gasteiger partial charge in [0.05, 0.1) is 11.7 Å². The first-order chi connectivity index (χ1) is 12.2. The second-order valence-corrected chi connectivity index (χ2v) is 6.81. The van der Waals surface area contributed by atoms with Crippen molar-refractivity contribution in [2.45, 2.75) is 38.3 Å². The molecule has 7 heteroatoms. The number of fused-ring (bicyclic) bond motifs is 1. The van der Waals surface area contributed by atoms with Crippen LogP contribution >= 0.6 is 0 Å². The first-order valence-corrected chi connectivity index (χ1v) is 8.99. The van der Waals surface area contributed by atoms with Crippen LogP contribution in [-0.2, 0) is 6.42 Å². The number of hydrogen-bond donors (Lipinski definition) is 3. The molecule has 0 bridgehead atoms. The predicted molar refractivity (Wildman–Crippen MR) is 95.1 cm³/mol. The summed E-state index contributed by atoms with van der Waals surface area (Å²) in [6.45, 7) is 4.68. The number of piperidine rings is 1. The summed E-state index contributed by atoms with van der Waals surface area (Å²) in [7, 11) is 0. The Morgan fingerprint density at radius 1 is 1.36 bits per heavy atom. The van der Waals surface area contributed by atoms with Crippen molar-refractivity contribution in [3.05, 3.63) is 35.8 Å². The van der Waals surface area contributed by atoms with E-state index >= 15 is 0 Å². The SMILES string of the molecule is CC1c2c(-c3ccncc3)n[nH]c2CCN1C(=O)NC1CCCNC1. The lowest BCUT2D eigenvalue weighted by Gasteiger charge is -2.35. The molecule has 0 saturated carbocycles. The van der Waals surface area contributed by atoms with Gasteiger partial charge in [-0.2, -0.15) is 5.10 Å². The van der Waals surface area contributed by atoms with Crippen molar-refractivity contribution in [2.75, 3.05) is 19.6 Å². The Hall–Kier alpha value is -2.41. The Morgan fingerprint density at radius 2 is 2.20 bits per heavy atom. The highest BCUT2D eigenvalue weighted by atomic mass is 16.2. The molecule has 7 nitrogen and oxygen atoms in total. The third-order valence-corrected chi connectivity index (χ3v) is 5.21. The molecule has 0 aromatic carbocycles. The molecule has 0 aliphatic carbocycles. The van der Waals surface area contributed by atoms with E-state index in [1.165, 1.54) is 0 Å². The van der Waals surface area contributed by atoms with Crippen molar-refractivity contribution >= 4 is 6.03 Å². The molecule has 2 aromatic rings. The maximum Gasteiger partial charge on any atom is 0.318 e. The fourth-order valence-electron chi connectivity index (χ4n) is 3.85. The van der Waals surface area contributed by atoms with E-state index in [2.05, 4.69) is 32.7 Å². The Morgan fingerprint density at radius 3 is 2.96 bits per heavy atom. The van der Waals surface area contributed by atoms with Crippen molar-refractivity contribution < 1.29 is 4.79 Å². The van der Waals surface area contributed by atoms with Crippen LogP contribution in [-0.4, -0.2) is 51.8 Å². The molecule has 2 aromatic heterocycles. The minimum atomic E-state index is -0.0118. The van der Waals surface area contributed by atoms with Gasteiger partial charge in [0.1, 0.15) is 0 Å². The number of pyridine rings is 1. The van der Waals surface area contributed by atoms with Crippen LogP contribution in [0.3, 0.4) is 0 Å². The van der Waals surface area contributed by atoms with Crippen molar-refractivity contribution in [3.63, 3.8) is 0 Å². The van der Waals surface area contributed by atoms with Crippen molar-refractivity contribution in [2.24, 2.45) is 0 Å². The van der Waals surface area contributed by atoms with E-state index in [1.54, 1.807) is 12.4 Å². The van der Waals surface area contributed by atoms with Gasteiger partial charge in [0.15, 0.2) is 0 Å². The molecule has 2 unspecified atom stereocenters. The van der Waals surface area contributed by atoms with E-state index in [4.69, 9.17) is 0 Å². The summed E-state index contributed by atoms with van der Waals surface area (Å²) in [5.74, 6) is 0. The molecule has 1 fully saturated rings. The molecular formula is C18H24N6O. The van der Waals surface area contributed by atoms with Crippen LogP contribution < -0.4 is 10.6 Å². The maximum atomic E-state index is 12.8. The summed E-state index contributed by atoms with van der Waals surface area (Å²) in [6, 6.07) is 4.14. The molecular weight excluding hydrogens is 316 g/mol. The number of carbonyl (C=O) groups is 1. The summed E-state index contributed by atoms with van der Waals surface area (Å²) in [4.78, 5) is 18.8. The van der Waals surface area contributed by atoms with E-state index in [0.717, 1.165) is 54.9 Å². The lowest BCUT2D eigenvalue weighted by atomic mass is 9.95. The fourth-order valence-corrected chi connectivity index (χ4v) is 3.85. The molecule has 2 aliphatic rings. The minimum Gasteiger partial charge on any atom is -0.334 e. The van der Waals surface area contributed by atoms with Crippen LogP contribution in [0.4, 0.5) is 4.79 Å². The summed E-state index contributed by atoms with van der Waals surface area (Å²) in [5.41, 5.74) is 4.19. The highest BCUT2D eigenvalue weighted by Gasteiger charge is 2.33. The third kappa shape index (κ3) is 3.11. The molecule has 4 rings (SSSR count). The molecule has 0 spiro atoms. The van der Waals surface area contributed by atoms with Gasteiger partial charge in [-0.3, -0.25) is 10.1 Å². The van der Waals surface area contributed by atoms with E-state index in [1.807, 2.05) is 17.0 Å². The van der Waals surface area contributed by atoms with E-state index in [-0.39, 0.29) is 18.1 Å². The lowest BCUT2D eigenvalue weighted by molar-refractivity contribution is 0.168. The zero-order valence-electron chi connectivity index (χ0n) is 14.5. The quantitative estimate of drug-likeness (QED) is 0.779. The molecule has 3 N–H and O–H groups in total. The fraction of sp³-hybridized carbons (Fsp3) is 0.500. The van der Waals surface area contributed by atoms with Gasteiger partial charge in [0.25, 0.3) is 0 Å². The number of hydrogen-bond acceptors (Lipinski definition) is 4. The molecule has 25 heavy (non-hydrogen) atoms. The van der Waals surface area contributed by atoms with Gasteiger partial charge in [-0.1, -0.05) is 0 Å². The first-order valence-electron chi connectivity index (χ1n) is 8.99. The number of carbonyl (C=O) groups excluding carboxylic acids is 1. The summed E-state index contributed by atoms with van der Waals surface area (Å²) in [6.07, 6.45) is 6.49. The highest BCUT2D eigenvalue weighted by molar-refractivity contribution is 5.76. The zero-order chi connectivity index (χ0) is 17.2. The molecule has 2 atom stereocenters. The number of amides is 2. The van der Waals surface area contributed by atoms with Gasteiger partial charge < -0.3 is 15.5 Å². The molecule has 132 valence electrons. The summed E-state index contributed by atoms with van der Waals surface area (Å²) >= 11 is 0. The standard InChI is InChI=1S/C18H24N6O/c1-12-16-15(22-23-17(16)13-4-8-19-9-5-13)6-10-24(12)18(25)21-14-3-2-7-20-11-14/h4-5,8-9,12,14,20H,2-3,6-7,10-11H2,1H3,(H,21,25)(H,22,23). The monoisotopic (exact) mass is 340 g/mol. The van der Waals surface area contributed by atoms with Crippen LogP contribution in [0.15, 0.2) is 24.5 Å². The molecule has 1 saturated heterocycles. The maximum absolute atomic E-state index is 12.8. The van der Waals surface area contributed by atoms with Crippen molar-refractivity contribution in [1.82, 2.24) is 30.7 Å². The Balaban J connectivity index is 1.55. The van der Waals surface area contributed by atoms with Crippen molar-refractivity contribution in [3.8, 4) is 11.3 Å². The van der Waals surface area contributed by atoms with Crippen LogP contribution in [0.1, 0.15) is 37.1 Å². The van der Waals surface area contributed by atoms with Gasteiger partial charge in [-0.15, -0.1) is 0 Å². The predicted octanol–water partition coefficient (Wildman–Crippen LogP) is 1.85. The van der Waals surface area contributed by atoms with Crippen LogP contribution in [0.2, 0.25) is 0 Å². The summed E-state index contributed by atoms with van der Waals surface area (Å²) in [5, 5.41) is 14.2. The van der Waals surface area contributed by atoms with Gasteiger partial charge in [-0.25, -0.2) is 4.79 Å². The largest absolute Gasteiger partial charge is 0.334 e. The molecule has 2 amide bonds. The Kier molecular flexibility index (Phi) is 4.40. The number of aromatic nitrogens is 3. The third-order valence-electron chi connectivity index (χ3n) is 5.21. The number of H-pyrrole nitrogens is 1. The molecule has 0 radical (unpaired) electrons.